The molecule has 1 unspecified atom stereocenters. The number of fused-ring (bicyclic) bond motifs is 1. The first-order valence-corrected chi connectivity index (χ1v) is 6.54. The third-order valence-electron chi connectivity index (χ3n) is 3.25. The molecule has 0 saturated carbocycles. The Morgan fingerprint density at radius 2 is 2.05 bits per heavy atom. The monoisotopic (exact) mass is 274 g/mol. The fraction of sp³-hybridized carbons (Fsp3) is 0.333. The third kappa shape index (κ3) is 3.17. The number of rotatable bonds is 5. The number of aromatic amines is 1. The standard InChI is InChI=1S/C15H18N2O3/c1-9(7-15(19)20)16-14(18)8-12-10(2)17-13-6-4-3-5-11(12)13/h3-6,9,17H,7-8H2,1-2H3,(H,16,18)(H,19,20). The van der Waals surface area contributed by atoms with Gasteiger partial charge in [-0.25, -0.2) is 0 Å². The highest BCUT2D eigenvalue weighted by molar-refractivity contribution is 5.90. The summed E-state index contributed by atoms with van der Waals surface area (Å²) in [5, 5.41) is 12.4. The molecular formula is C15H18N2O3. The van der Waals surface area contributed by atoms with E-state index in [1.807, 2.05) is 31.2 Å². The molecule has 0 aliphatic heterocycles. The second kappa shape index (κ2) is 5.77. The third-order valence-corrected chi connectivity index (χ3v) is 3.25. The van der Waals surface area contributed by atoms with Crippen molar-refractivity contribution in [2.45, 2.75) is 32.7 Å². The van der Waals surface area contributed by atoms with Gasteiger partial charge in [-0.3, -0.25) is 9.59 Å². The van der Waals surface area contributed by atoms with Crippen LogP contribution >= 0.6 is 0 Å². The van der Waals surface area contributed by atoms with E-state index < -0.39 is 5.97 Å². The van der Waals surface area contributed by atoms with Gasteiger partial charge in [-0.15, -0.1) is 0 Å². The molecule has 20 heavy (non-hydrogen) atoms. The second-order valence-corrected chi connectivity index (χ2v) is 5.02. The van der Waals surface area contributed by atoms with Crippen LogP contribution in [0, 0.1) is 6.92 Å². The molecule has 1 aromatic carbocycles. The maximum atomic E-state index is 12.0. The number of carbonyl (C=O) groups excluding carboxylic acids is 1. The molecule has 106 valence electrons. The van der Waals surface area contributed by atoms with Gasteiger partial charge in [-0.1, -0.05) is 18.2 Å². The Labute approximate surface area is 117 Å². The van der Waals surface area contributed by atoms with E-state index >= 15 is 0 Å². The van der Waals surface area contributed by atoms with Crippen molar-refractivity contribution in [1.82, 2.24) is 10.3 Å². The summed E-state index contributed by atoms with van der Waals surface area (Å²) >= 11 is 0. The summed E-state index contributed by atoms with van der Waals surface area (Å²) in [6, 6.07) is 7.45. The molecule has 0 spiro atoms. The number of hydrogen-bond acceptors (Lipinski definition) is 2. The average molecular weight is 274 g/mol. The van der Waals surface area contributed by atoms with Crippen molar-refractivity contribution in [3.8, 4) is 0 Å². The van der Waals surface area contributed by atoms with Crippen molar-refractivity contribution in [2.24, 2.45) is 0 Å². The first-order chi connectivity index (χ1) is 9.47. The Hall–Kier alpha value is -2.30. The largest absolute Gasteiger partial charge is 0.481 e. The van der Waals surface area contributed by atoms with Gasteiger partial charge in [0.2, 0.25) is 5.91 Å². The number of nitrogens with one attached hydrogen (secondary N) is 2. The number of amides is 1. The van der Waals surface area contributed by atoms with Gasteiger partial charge >= 0.3 is 5.97 Å². The van der Waals surface area contributed by atoms with E-state index in [1.54, 1.807) is 6.92 Å². The minimum absolute atomic E-state index is 0.0708. The van der Waals surface area contributed by atoms with Crippen molar-refractivity contribution >= 4 is 22.8 Å². The predicted molar refractivity (Wildman–Crippen MR) is 76.6 cm³/mol. The fourth-order valence-electron chi connectivity index (χ4n) is 2.36. The van der Waals surface area contributed by atoms with E-state index in [0.29, 0.717) is 0 Å². The number of H-pyrrole nitrogens is 1. The molecule has 0 aliphatic rings. The van der Waals surface area contributed by atoms with Crippen molar-refractivity contribution in [3.05, 3.63) is 35.5 Å². The van der Waals surface area contributed by atoms with Gasteiger partial charge in [-0.05, 0) is 25.5 Å². The lowest BCUT2D eigenvalue weighted by molar-refractivity contribution is -0.137. The first-order valence-electron chi connectivity index (χ1n) is 6.54. The summed E-state index contributed by atoms with van der Waals surface area (Å²) in [4.78, 5) is 25.8. The number of aliphatic carboxylic acids is 1. The zero-order valence-corrected chi connectivity index (χ0v) is 11.6. The summed E-state index contributed by atoms with van der Waals surface area (Å²) in [7, 11) is 0. The molecule has 0 saturated heterocycles. The molecule has 2 rings (SSSR count). The fourth-order valence-corrected chi connectivity index (χ4v) is 2.36. The Bertz CT molecular complexity index is 646. The molecule has 0 radical (unpaired) electrons. The van der Waals surface area contributed by atoms with E-state index in [2.05, 4.69) is 10.3 Å². The number of aryl methyl sites for hydroxylation is 1. The van der Waals surface area contributed by atoms with Crippen LogP contribution in [0.4, 0.5) is 0 Å². The van der Waals surface area contributed by atoms with Crippen LogP contribution in [0.1, 0.15) is 24.6 Å². The number of benzene rings is 1. The number of carboxylic acid groups (broad SMARTS) is 1. The molecular weight excluding hydrogens is 256 g/mol. The lowest BCUT2D eigenvalue weighted by Crippen LogP contribution is -2.35. The number of aromatic nitrogens is 1. The van der Waals surface area contributed by atoms with Crippen LogP contribution in [0.15, 0.2) is 24.3 Å². The van der Waals surface area contributed by atoms with Crippen LogP contribution < -0.4 is 5.32 Å². The predicted octanol–water partition coefficient (Wildman–Crippen LogP) is 2.00. The Morgan fingerprint density at radius 1 is 1.35 bits per heavy atom. The molecule has 0 bridgehead atoms. The van der Waals surface area contributed by atoms with E-state index in [-0.39, 0.29) is 24.8 Å². The van der Waals surface area contributed by atoms with E-state index in [1.165, 1.54) is 0 Å². The van der Waals surface area contributed by atoms with Gasteiger partial charge in [0.15, 0.2) is 0 Å². The highest BCUT2D eigenvalue weighted by atomic mass is 16.4. The van der Waals surface area contributed by atoms with E-state index in [9.17, 15) is 9.59 Å². The van der Waals surface area contributed by atoms with Crippen molar-refractivity contribution in [3.63, 3.8) is 0 Å². The van der Waals surface area contributed by atoms with Gasteiger partial charge in [-0.2, -0.15) is 0 Å². The summed E-state index contributed by atoms with van der Waals surface area (Å²) in [5.74, 6) is -1.08. The summed E-state index contributed by atoms with van der Waals surface area (Å²) in [6.45, 7) is 3.62. The topological polar surface area (TPSA) is 82.2 Å². The minimum Gasteiger partial charge on any atom is -0.481 e. The van der Waals surface area contributed by atoms with Crippen LogP contribution in [-0.2, 0) is 16.0 Å². The van der Waals surface area contributed by atoms with Crippen LogP contribution in [0.2, 0.25) is 0 Å². The number of para-hydroxylation sites is 1. The zero-order chi connectivity index (χ0) is 14.7. The van der Waals surface area contributed by atoms with Crippen LogP contribution in [0.3, 0.4) is 0 Å². The SMILES string of the molecule is Cc1[nH]c2ccccc2c1CC(=O)NC(C)CC(=O)O. The van der Waals surface area contributed by atoms with Gasteiger partial charge in [0.1, 0.15) is 0 Å². The Morgan fingerprint density at radius 3 is 2.75 bits per heavy atom. The first kappa shape index (κ1) is 14.1. The summed E-state index contributed by atoms with van der Waals surface area (Å²) in [6.07, 6.45) is 0.179. The summed E-state index contributed by atoms with van der Waals surface area (Å²) < 4.78 is 0. The molecule has 0 aliphatic carbocycles. The quantitative estimate of drug-likeness (QED) is 0.780. The van der Waals surface area contributed by atoms with Crippen molar-refractivity contribution in [1.29, 1.82) is 0 Å². The number of carboxylic acids is 1. The Kier molecular flexibility index (Phi) is 4.08. The molecule has 1 aromatic heterocycles. The molecule has 2 aromatic rings. The second-order valence-electron chi connectivity index (χ2n) is 5.02. The van der Waals surface area contributed by atoms with Gasteiger partial charge in [0, 0.05) is 22.6 Å². The molecule has 5 nitrogen and oxygen atoms in total. The van der Waals surface area contributed by atoms with Gasteiger partial charge in [0.05, 0.1) is 12.8 Å². The number of carbonyl (C=O) groups is 2. The van der Waals surface area contributed by atoms with Gasteiger partial charge in [0.25, 0.3) is 0 Å². The summed E-state index contributed by atoms with van der Waals surface area (Å²) in [5.41, 5.74) is 2.93. The lowest BCUT2D eigenvalue weighted by atomic mass is 10.1. The average Bonchev–Trinajstić information content (AvgIpc) is 2.65. The van der Waals surface area contributed by atoms with Crippen LogP contribution in [0.5, 0.6) is 0 Å². The normalized spacial score (nSPS) is 12.3. The minimum atomic E-state index is -0.916. The molecule has 0 fully saturated rings. The smallest absolute Gasteiger partial charge is 0.305 e. The number of hydrogen-bond donors (Lipinski definition) is 3. The highest BCUT2D eigenvalue weighted by Crippen LogP contribution is 2.22. The molecule has 1 amide bonds. The van der Waals surface area contributed by atoms with Gasteiger partial charge < -0.3 is 15.4 Å². The van der Waals surface area contributed by atoms with E-state index in [4.69, 9.17) is 5.11 Å². The highest BCUT2D eigenvalue weighted by Gasteiger charge is 2.15. The van der Waals surface area contributed by atoms with Crippen LogP contribution in [0.25, 0.3) is 10.9 Å². The maximum Gasteiger partial charge on any atom is 0.305 e. The maximum absolute atomic E-state index is 12.0. The molecule has 5 heteroatoms. The Balaban J connectivity index is 2.10. The molecule has 1 atom stereocenters. The van der Waals surface area contributed by atoms with E-state index in [0.717, 1.165) is 22.2 Å². The van der Waals surface area contributed by atoms with Crippen molar-refractivity contribution < 1.29 is 14.7 Å². The van der Waals surface area contributed by atoms with Crippen molar-refractivity contribution in [2.75, 3.05) is 0 Å². The van der Waals surface area contributed by atoms with Crippen LogP contribution in [-0.4, -0.2) is 28.0 Å². The lowest BCUT2D eigenvalue weighted by Gasteiger charge is -2.11. The molecule has 1 heterocycles. The molecule has 3 N–H and O–H groups in total. The zero-order valence-electron chi connectivity index (χ0n) is 11.6.